The Morgan fingerprint density at radius 3 is 2.57 bits per heavy atom. The Morgan fingerprint density at radius 1 is 1.33 bits per heavy atom. The summed E-state index contributed by atoms with van der Waals surface area (Å²) in [5.74, 6) is 0.719. The molecule has 0 amide bonds. The van der Waals surface area contributed by atoms with E-state index >= 15 is 0 Å². The van der Waals surface area contributed by atoms with E-state index in [9.17, 15) is 5.26 Å². The molecular formula is C17H32N4. The minimum atomic E-state index is -0.309. The molecule has 0 bridgehead atoms. The highest BCUT2D eigenvalue weighted by Crippen LogP contribution is 2.34. The van der Waals surface area contributed by atoms with Crippen LogP contribution in [0.5, 0.6) is 0 Å². The van der Waals surface area contributed by atoms with Gasteiger partial charge in [-0.2, -0.15) is 5.26 Å². The maximum absolute atomic E-state index is 9.70. The second kappa shape index (κ2) is 6.64. The summed E-state index contributed by atoms with van der Waals surface area (Å²) >= 11 is 0. The summed E-state index contributed by atoms with van der Waals surface area (Å²) in [6.07, 6.45) is 4.39. The van der Waals surface area contributed by atoms with Crippen molar-refractivity contribution in [3.05, 3.63) is 0 Å². The van der Waals surface area contributed by atoms with E-state index in [1.165, 1.54) is 13.0 Å². The lowest BCUT2D eigenvalue weighted by molar-refractivity contribution is 0.130. The Kier molecular flexibility index (Phi) is 5.29. The zero-order chi connectivity index (χ0) is 15.6. The standard InChI is InChI=1S/C17H32N4/c1-13(2)19-17(12-18)8-6-7-15(9-17)21-10-14(3)16(11-21)20(4)5/h13-16,19H,6-11H2,1-5H3. The van der Waals surface area contributed by atoms with Crippen LogP contribution in [0.1, 0.15) is 46.5 Å². The number of hydrogen-bond donors (Lipinski definition) is 1. The molecule has 21 heavy (non-hydrogen) atoms. The van der Waals surface area contributed by atoms with Gasteiger partial charge in [0.05, 0.1) is 6.07 Å². The molecule has 120 valence electrons. The molecule has 2 rings (SSSR count). The topological polar surface area (TPSA) is 42.3 Å². The largest absolute Gasteiger partial charge is 0.305 e. The third kappa shape index (κ3) is 3.77. The van der Waals surface area contributed by atoms with Crippen LogP contribution < -0.4 is 5.32 Å². The van der Waals surface area contributed by atoms with Crippen LogP contribution in [-0.4, -0.2) is 60.6 Å². The molecule has 0 aromatic carbocycles. The van der Waals surface area contributed by atoms with Crippen molar-refractivity contribution in [3.63, 3.8) is 0 Å². The molecule has 1 N–H and O–H groups in total. The van der Waals surface area contributed by atoms with E-state index < -0.39 is 0 Å². The first kappa shape index (κ1) is 16.7. The van der Waals surface area contributed by atoms with Crippen LogP contribution in [0.25, 0.3) is 0 Å². The zero-order valence-corrected chi connectivity index (χ0v) is 14.4. The van der Waals surface area contributed by atoms with Crippen molar-refractivity contribution in [2.45, 2.75) is 70.1 Å². The molecule has 1 aliphatic carbocycles. The van der Waals surface area contributed by atoms with Gasteiger partial charge in [-0.1, -0.05) is 6.92 Å². The van der Waals surface area contributed by atoms with Gasteiger partial charge < -0.3 is 4.90 Å². The van der Waals surface area contributed by atoms with E-state index in [2.05, 4.69) is 56.1 Å². The average Bonchev–Trinajstić information content (AvgIpc) is 2.80. The summed E-state index contributed by atoms with van der Waals surface area (Å²) < 4.78 is 0. The summed E-state index contributed by atoms with van der Waals surface area (Å²) in [5.41, 5.74) is -0.309. The monoisotopic (exact) mass is 292 g/mol. The van der Waals surface area contributed by atoms with Gasteiger partial charge in [0, 0.05) is 31.2 Å². The van der Waals surface area contributed by atoms with E-state index in [4.69, 9.17) is 0 Å². The molecule has 0 aromatic heterocycles. The minimum Gasteiger partial charge on any atom is -0.305 e. The second-order valence-electron chi connectivity index (χ2n) is 7.71. The first-order chi connectivity index (χ1) is 9.87. The Hall–Kier alpha value is -0.630. The Labute approximate surface area is 130 Å². The van der Waals surface area contributed by atoms with Gasteiger partial charge in [0.2, 0.25) is 0 Å². The van der Waals surface area contributed by atoms with Crippen LogP contribution in [-0.2, 0) is 0 Å². The summed E-state index contributed by atoms with van der Waals surface area (Å²) in [4.78, 5) is 5.00. The van der Waals surface area contributed by atoms with Crippen LogP contribution in [0.3, 0.4) is 0 Å². The third-order valence-electron chi connectivity index (χ3n) is 5.28. The van der Waals surface area contributed by atoms with Gasteiger partial charge in [-0.25, -0.2) is 0 Å². The number of nitrogens with zero attached hydrogens (tertiary/aromatic N) is 3. The number of rotatable bonds is 4. The summed E-state index contributed by atoms with van der Waals surface area (Å²) in [6, 6.07) is 4.19. The molecule has 0 spiro atoms. The molecule has 1 saturated heterocycles. The lowest BCUT2D eigenvalue weighted by Gasteiger charge is -2.41. The van der Waals surface area contributed by atoms with Crippen molar-refractivity contribution in [1.29, 1.82) is 5.26 Å². The normalized spacial score (nSPS) is 38.1. The van der Waals surface area contributed by atoms with Crippen LogP contribution in [0.15, 0.2) is 0 Å². The first-order valence-corrected chi connectivity index (χ1v) is 8.46. The van der Waals surface area contributed by atoms with Crippen molar-refractivity contribution in [3.8, 4) is 6.07 Å². The van der Waals surface area contributed by atoms with Gasteiger partial charge in [-0.3, -0.25) is 10.2 Å². The van der Waals surface area contributed by atoms with Crippen LogP contribution in [0, 0.1) is 17.2 Å². The predicted molar refractivity (Wildman–Crippen MR) is 87.1 cm³/mol. The second-order valence-corrected chi connectivity index (χ2v) is 7.71. The molecule has 0 aromatic rings. The van der Waals surface area contributed by atoms with Crippen molar-refractivity contribution in [2.24, 2.45) is 5.92 Å². The number of hydrogen-bond acceptors (Lipinski definition) is 4. The summed E-state index contributed by atoms with van der Waals surface area (Å²) in [5, 5.41) is 13.2. The van der Waals surface area contributed by atoms with Crippen molar-refractivity contribution < 1.29 is 0 Å². The lowest BCUT2D eigenvalue weighted by atomic mass is 9.79. The van der Waals surface area contributed by atoms with Gasteiger partial charge in [0.1, 0.15) is 5.54 Å². The van der Waals surface area contributed by atoms with E-state index in [0.29, 0.717) is 18.1 Å². The molecular weight excluding hydrogens is 260 g/mol. The molecule has 1 heterocycles. The average molecular weight is 292 g/mol. The van der Waals surface area contributed by atoms with Crippen LogP contribution in [0.4, 0.5) is 0 Å². The summed E-state index contributed by atoms with van der Waals surface area (Å²) in [7, 11) is 4.37. The quantitative estimate of drug-likeness (QED) is 0.861. The molecule has 2 aliphatic rings. The van der Waals surface area contributed by atoms with Crippen molar-refractivity contribution >= 4 is 0 Å². The fourth-order valence-corrected chi connectivity index (χ4v) is 4.33. The SMILES string of the molecule is CC(C)NC1(C#N)CCCC(N2CC(C)C(N(C)C)C2)C1. The number of nitrogens with one attached hydrogen (secondary N) is 1. The fraction of sp³-hybridized carbons (Fsp3) is 0.941. The van der Waals surface area contributed by atoms with Gasteiger partial charge in [0.15, 0.2) is 0 Å². The Bertz CT molecular complexity index is 387. The molecule has 4 unspecified atom stereocenters. The van der Waals surface area contributed by atoms with Crippen LogP contribution in [0.2, 0.25) is 0 Å². The maximum Gasteiger partial charge on any atom is 0.108 e. The third-order valence-corrected chi connectivity index (χ3v) is 5.28. The molecule has 0 radical (unpaired) electrons. The van der Waals surface area contributed by atoms with Gasteiger partial charge in [0.25, 0.3) is 0 Å². The lowest BCUT2D eigenvalue weighted by Crippen LogP contribution is -2.54. The van der Waals surface area contributed by atoms with E-state index in [1.807, 2.05) is 0 Å². The highest BCUT2D eigenvalue weighted by atomic mass is 15.3. The molecule has 1 saturated carbocycles. The number of nitriles is 1. The van der Waals surface area contributed by atoms with Crippen molar-refractivity contribution in [2.75, 3.05) is 27.2 Å². The first-order valence-electron chi connectivity index (χ1n) is 8.46. The highest BCUT2D eigenvalue weighted by Gasteiger charge is 2.42. The zero-order valence-electron chi connectivity index (χ0n) is 14.4. The summed E-state index contributed by atoms with van der Waals surface area (Å²) in [6.45, 7) is 8.97. The highest BCUT2D eigenvalue weighted by molar-refractivity contribution is 5.12. The number of likely N-dealkylation sites (tertiary alicyclic amines) is 1. The smallest absolute Gasteiger partial charge is 0.108 e. The van der Waals surface area contributed by atoms with Gasteiger partial charge in [-0.15, -0.1) is 0 Å². The maximum atomic E-state index is 9.70. The van der Waals surface area contributed by atoms with E-state index in [-0.39, 0.29) is 5.54 Å². The van der Waals surface area contributed by atoms with Gasteiger partial charge >= 0.3 is 0 Å². The van der Waals surface area contributed by atoms with Crippen molar-refractivity contribution in [1.82, 2.24) is 15.1 Å². The minimum absolute atomic E-state index is 0.309. The van der Waals surface area contributed by atoms with E-state index in [0.717, 1.165) is 31.7 Å². The fourth-order valence-electron chi connectivity index (χ4n) is 4.33. The van der Waals surface area contributed by atoms with Gasteiger partial charge in [-0.05, 0) is 59.5 Å². The molecule has 2 fully saturated rings. The molecule has 4 heteroatoms. The van der Waals surface area contributed by atoms with Crippen LogP contribution >= 0.6 is 0 Å². The molecule has 4 nitrogen and oxygen atoms in total. The van der Waals surface area contributed by atoms with E-state index in [1.54, 1.807) is 0 Å². The number of likely N-dealkylation sites (N-methyl/N-ethyl adjacent to an activating group) is 1. The Morgan fingerprint density at radius 2 is 2.05 bits per heavy atom. The molecule has 4 atom stereocenters. The Balaban J connectivity index is 2.03. The molecule has 1 aliphatic heterocycles. The predicted octanol–water partition coefficient (Wildman–Crippen LogP) is 2.07.